The van der Waals surface area contributed by atoms with Crippen LogP contribution in [0.1, 0.15) is 12.0 Å². The molecule has 0 spiro atoms. The average Bonchev–Trinajstić information content (AvgIpc) is 2.77. The van der Waals surface area contributed by atoms with E-state index in [4.69, 9.17) is 30.5 Å². The predicted molar refractivity (Wildman–Crippen MR) is 110 cm³/mol. The zero-order valence-electron chi connectivity index (χ0n) is 16.5. The van der Waals surface area contributed by atoms with Gasteiger partial charge in [-0.05, 0) is 42.5 Å². The Balaban J connectivity index is 1.64. The number of carbonyl (C=O) groups excluding carboxylic acids is 2. The summed E-state index contributed by atoms with van der Waals surface area (Å²) in [6, 6.07) is 11.9. The summed E-state index contributed by atoms with van der Waals surface area (Å²) in [4.78, 5) is 23.9. The van der Waals surface area contributed by atoms with E-state index in [-0.39, 0.29) is 25.5 Å². The van der Waals surface area contributed by atoms with E-state index < -0.39 is 11.9 Å². The Bertz CT molecular complexity index is 945. The summed E-state index contributed by atoms with van der Waals surface area (Å²) in [5.41, 5.74) is 3.78. The Hall–Kier alpha value is -3.26. The number of halogens is 1. The van der Waals surface area contributed by atoms with Crippen LogP contribution in [0, 0.1) is 5.92 Å². The van der Waals surface area contributed by atoms with Crippen molar-refractivity contribution in [2.75, 3.05) is 27.4 Å². The molecule has 0 saturated carbocycles. The van der Waals surface area contributed by atoms with Crippen molar-refractivity contribution >= 4 is 29.2 Å². The van der Waals surface area contributed by atoms with Crippen LogP contribution in [0.3, 0.4) is 0 Å². The van der Waals surface area contributed by atoms with Crippen LogP contribution < -0.4 is 19.6 Å². The molecule has 1 aliphatic rings. The number of hydrogen-bond donors (Lipinski definition) is 1. The van der Waals surface area contributed by atoms with Crippen molar-refractivity contribution in [2.24, 2.45) is 11.0 Å². The van der Waals surface area contributed by atoms with Gasteiger partial charge in [0, 0.05) is 22.9 Å². The van der Waals surface area contributed by atoms with Gasteiger partial charge in [-0.15, -0.1) is 0 Å². The van der Waals surface area contributed by atoms with Crippen molar-refractivity contribution in [1.82, 2.24) is 5.43 Å². The first-order chi connectivity index (χ1) is 14.5. The fourth-order valence-corrected chi connectivity index (χ4v) is 3.05. The number of esters is 1. The van der Waals surface area contributed by atoms with Gasteiger partial charge in [-0.1, -0.05) is 11.6 Å². The minimum atomic E-state index is -0.553. The van der Waals surface area contributed by atoms with Crippen molar-refractivity contribution in [3.8, 4) is 17.2 Å². The molecule has 2 aromatic rings. The fraction of sp³-hybridized carbons (Fsp3) is 0.286. The molecular formula is C21H21ClN2O6. The van der Waals surface area contributed by atoms with E-state index in [1.165, 1.54) is 7.11 Å². The maximum Gasteiger partial charge on any atom is 0.344 e. The van der Waals surface area contributed by atoms with Gasteiger partial charge in [-0.3, -0.25) is 4.79 Å². The monoisotopic (exact) mass is 432 g/mol. The Morgan fingerprint density at radius 2 is 1.87 bits per heavy atom. The fourth-order valence-electron chi connectivity index (χ4n) is 2.92. The minimum Gasteiger partial charge on any atom is -0.493 e. The van der Waals surface area contributed by atoms with E-state index in [2.05, 4.69) is 10.5 Å². The van der Waals surface area contributed by atoms with Gasteiger partial charge in [0.05, 0.1) is 19.9 Å². The number of nitrogens with zero attached hydrogens (tertiary/aromatic N) is 1. The van der Waals surface area contributed by atoms with E-state index in [0.717, 1.165) is 5.56 Å². The molecule has 3 rings (SSSR count). The summed E-state index contributed by atoms with van der Waals surface area (Å²) in [6.07, 6.45) is 0.137. The zero-order valence-corrected chi connectivity index (χ0v) is 17.3. The molecule has 1 heterocycles. The highest BCUT2D eigenvalue weighted by Crippen LogP contribution is 2.29. The van der Waals surface area contributed by atoms with Gasteiger partial charge in [-0.25, -0.2) is 10.2 Å². The molecule has 158 valence electrons. The lowest BCUT2D eigenvalue weighted by atomic mass is 9.93. The molecule has 1 unspecified atom stereocenters. The van der Waals surface area contributed by atoms with Crippen molar-refractivity contribution in [3.05, 3.63) is 53.1 Å². The molecule has 2 aromatic carbocycles. The van der Waals surface area contributed by atoms with E-state index in [1.54, 1.807) is 49.6 Å². The Morgan fingerprint density at radius 3 is 2.57 bits per heavy atom. The van der Waals surface area contributed by atoms with Crippen LogP contribution in [0.25, 0.3) is 0 Å². The quantitative estimate of drug-likeness (QED) is 0.644. The summed E-state index contributed by atoms with van der Waals surface area (Å²) in [5, 5.41) is 4.73. The number of rotatable bonds is 8. The maximum atomic E-state index is 12.1. The van der Waals surface area contributed by atoms with Gasteiger partial charge >= 0.3 is 5.97 Å². The van der Waals surface area contributed by atoms with Crippen LogP contribution in [0.4, 0.5) is 0 Å². The van der Waals surface area contributed by atoms with Crippen LogP contribution in [0.5, 0.6) is 17.2 Å². The van der Waals surface area contributed by atoms with Gasteiger partial charge in [0.15, 0.2) is 18.1 Å². The van der Waals surface area contributed by atoms with Gasteiger partial charge in [0.1, 0.15) is 12.4 Å². The smallest absolute Gasteiger partial charge is 0.344 e. The van der Waals surface area contributed by atoms with Gasteiger partial charge in [-0.2, -0.15) is 5.10 Å². The second-order valence-electron chi connectivity index (χ2n) is 6.43. The molecule has 9 heteroatoms. The van der Waals surface area contributed by atoms with Crippen LogP contribution in [-0.2, 0) is 14.3 Å². The highest BCUT2D eigenvalue weighted by molar-refractivity contribution is 6.30. The number of carbonyl (C=O) groups is 2. The molecule has 0 bridgehead atoms. The molecule has 30 heavy (non-hydrogen) atoms. The number of benzene rings is 2. The summed E-state index contributed by atoms with van der Waals surface area (Å²) in [5.74, 6) is 0.392. The van der Waals surface area contributed by atoms with E-state index in [9.17, 15) is 9.59 Å². The number of ether oxygens (including phenoxy) is 4. The standard InChI is InChI=1S/C21H21ClN2O6/c1-27-17-8-3-13(9-18(17)28-2)21-14(10-19(25)23-24-21)11-30-20(26)12-29-16-6-4-15(22)5-7-16/h3-9,14H,10-12H2,1-2H3,(H,23,25). The lowest BCUT2D eigenvalue weighted by molar-refractivity contribution is -0.147. The SMILES string of the molecule is COc1ccc(C2=NNC(=O)CC2COC(=O)COc2ccc(Cl)cc2)cc1OC. The molecule has 8 nitrogen and oxygen atoms in total. The van der Waals surface area contributed by atoms with Crippen LogP contribution >= 0.6 is 11.6 Å². The molecule has 0 aromatic heterocycles. The number of hydrazone groups is 1. The normalized spacial score (nSPS) is 15.6. The maximum absolute atomic E-state index is 12.1. The zero-order chi connectivity index (χ0) is 21.5. The molecule has 0 fully saturated rings. The van der Waals surface area contributed by atoms with E-state index in [1.807, 2.05) is 0 Å². The first kappa shape index (κ1) is 21.4. The number of methoxy groups -OCH3 is 2. The van der Waals surface area contributed by atoms with Crippen molar-refractivity contribution in [2.45, 2.75) is 6.42 Å². The highest BCUT2D eigenvalue weighted by Gasteiger charge is 2.28. The molecule has 1 atom stereocenters. The second-order valence-corrected chi connectivity index (χ2v) is 6.86. The van der Waals surface area contributed by atoms with Crippen LogP contribution in [0.15, 0.2) is 47.6 Å². The number of nitrogens with one attached hydrogen (secondary N) is 1. The first-order valence-electron chi connectivity index (χ1n) is 9.13. The first-order valence-corrected chi connectivity index (χ1v) is 9.50. The van der Waals surface area contributed by atoms with Gasteiger partial charge in [0.2, 0.25) is 5.91 Å². The van der Waals surface area contributed by atoms with E-state index >= 15 is 0 Å². The number of hydrogen-bond acceptors (Lipinski definition) is 7. The van der Waals surface area contributed by atoms with Gasteiger partial charge < -0.3 is 18.9 Å². The second kappa shape index (κ2) is 9.98. The van der Waals surface area contributed by atoms with Gasteiger partial charge in [0.25, 0.3) is 0 Å². The van der Waals surface area contributed by atoms with Crippen molar-refractivity contribution in [3.63, 3.8) is 0 Å². The molecule has 0 radical (unpaired) electrons. The lowest BCUT2D eigenvalue weighted by Crippen LogP contribution is -2.36. The topological polar surface area (TPSA) is 95.5 Å². The summed E-state index contributed by atoms with van der Waals surface area (Å²) >= 11 is 5.82. The van der Waals surface area contributed by atoms with Crippen molar-refractivity contribution < 1.29 is 28.5 Å². The van der Waals surface area contributed by atoms with E-state index in [0.29, 0.717) is 28.0 Å². The number of amides is 1. The predicted octanol–water partition coefficient (Wildman–Crippen LogP) is 2.82. The van der Waals surface area contributed by atoms with Crippen LogP contribution in [0.2, 0.25) is 5.02 Å². The molecule has 1 amide bonds. The van der Waals surface area contributed by atoms with Crippen molar-refractivity contribution in [1.29, 1.82) is 0 Å². The highest BCUT2D eigenvalue weighted by atomic mass is 35.5. The van der Waals surface area contributed by atoms with Crippen LogP contribution in [-0.4, -0.2) is 45.0 Å². The largest absolute Gasteiger partial charge is 0.493 e. The third kappa shape index (κ3) is 5.42. The molecular weight excluding hydrogens is 412 g/mol. The molecule has 0 aliphatic carbocycles. The molecule has 1 aliphatic heterocycles. The third-order valence-electron chi connectivity index (χ3n) is 4.41. The average molecular weight is 433 g/mol. The third-order valence-corrected chi connectivity index (χ3v) is 4.67. The summed E-state index contributed by atoms with van der Waals surface area (Å²) in [6.45, 7) is -0.271. The Morgan fingerprint density at radius 1 is 1.13 bits per heavy atom. The Kier molecular flexibility index (Phi) is 7.13. The summed E-state index contributed by atoms with van der Waals surface area (Å²) < 4.78 is 21.3. The lowest BCUT2D eigenvalue weighted by Gasteiger charge is -2.23. The summed E-state index contributed by atoms with van der Waals surface area (Å²) in [7, 11) is 3.08. The molecule has 0 saturated heterocycles. The minimum absolute atomic E-state index is 0.0105. The Labute approximate surface area is 178 Å². The molecule has 1 N–H and O–H groups in total.